The van der Waals surface area contributed by atoms with Gasteiger partial charge < -0.3 is 5.32 Å². The molecular weight excluding hydrogens is 256 g/mol. The minimum atomic E-state index is -1.93. The maximum absolute atomic E-state index is 11.4. The van der Waals surface area contributed by atoms with E-state index in [1.54, 1.807) is 6.07 Å². The van der Waals surface area contributed by atoms with Crippen molar-refractivity contribution in [3.8, 4) is 0 Å². The average Bonchev–Trinajstić information content (AvgIpc) is 2.11. The summed E-state index contributed by atoms with van der Waals surface area (Å²) in [4.78, 5) is 11.4. The average molecular weight is 267 g/mol. The lowest BCUT2D eigenvalue weighted by Gasteiger charge is -2.14. The minimum Gasteiger partial charge on any atom is -0.322 e. The topological polar surface area (TPSA) is 29.1 Å². The molecule has 0 bridgehead atoms. The highest BCUT2D eigenvalue weighted by Gasteiger charge is 2.30. The van der Waals surface area contributed by atoms with Crippen LogP contribution in [0.4, 0.5) is 5.69 Å². The van der Waals surface area contributed by atoms with Gasteiger partial charge in [0.05, 0.1) is 0 Å². The molecule has 0 fully saturated rings. The monoisotopic (exact) mass is 265 g/mol. The first-order chi connectivity index (χ1) is 6.82. The summed E-state index contributed by atoms with van der Waals surface area (Å²) in [6.07, 6.45) is 0. The summed E-state index contributed by atoms with van der Waals surface area (Å²) in [5, 5.41) is 2.56. The molecule has 82 valence electrons. The summed E-state index contributed by atoms with van der Waals surface area (Å²) in [6, 6.07) is 5.54. The van der Waals surface area contributed by atoms with E-state index >= 15 is 0 Å². The summed E-state index contributed by atoms with van der Waals surface area (Å²) in [7, 11) is 0. The molecule has 0 radical (unpaired) electrons. The standard InChI is InChI=1S/C10H10Cl3NO/c1-6-4-3-5-8(7(6)2)14-9(15)10(11,12)13/h3-5H,1-2H3,(H,14,15). The molecule has 2 nitrogen and oxygen atoms in total. The van der Waals surface area contributed by atoms with Gasteiger partial charge in [0, 0.05) is 5.69 Å². The largest absolute Gasteiger partial charge is 0.322 e. The smallest absolute Gasteiger partial charge is 0.276 e. The molecule has 1 rings (SSSR count). The maximum atomic E-state index is 11.4. The van der Waals surface area contributed by atoms with Crippen molar-refractivity contribution in [2.24, 2.45) is 0 Å². The number of anilines is 1. The number of carbonyl (C=O) groups is 1. The fourth-order valence-electron chi connectivity index (χ4n) is 1.08. The van der Waals surface area contributed by atoms with Gasteiger partial charge in [0.2, 0.25) is 0 Å². The lowest BCUT2D eigenvalue weighted by atomic mass is 10.1. The van der Waals surface area contributed by atoms with Crippen LogP contribution in [-0.2, 0) is 4.79 Å². The van der Waals surface area contributed by atoms with Crippen LogP contribution in [0, 0.1) is 13.8 Å². The Morgan fingerprint density at radius 3 is 2.40 bits per heavy atom. The molecule has 15 heavy (non-hydrogen) atoms. The van der Waals surface area contributed by atoms with Crippen LogP contribution in [0.1, 0.15) is 11.1 Å². The van der Waals surface area contributed by atoms with E-state index < -0.39 is 9.70 Å². The van der Waals surface area contributed by atoms with Gasteiger partial charge in [0.1, 0.15) is 0 Å². The number of carbonyl (C=O) groups excluding carboxylic acids is 1. The third kappa shape index (κ3) is 3.26. The Labute approximate surface area is 104 Å². The second kappa shape index (κ2) is 4.60. The summed E-state index contributed by atoms with van der Waals surface area (Å²) in [6.45, 7) is 3.84. The van der Waals surface area contributed by atoms with Crippen LogP contribution in [0.25, 0.3) is 0 Å². The van der Waals surface area contributed by atoms with Gasteiger partial charge in [-0.05, 0) is 31.0 Å². The van der Waals surface area contributed by atoms with E-state index in [-0.39, 0.29) is 0 Å². The molecule has 0 saturated heterocycles. The van der Waals surface area contributed by atoms with Crippen LogP contribution in [0.2, 0.25) is 0 Å². The van der Waals surface area contributed by atoms with Gasteiger partial charge in [0.15, 0.2) is 0 Å². The van der Waals surface area contributed by atoms with Crippen molar-refractivity contribution in [3.63, 3.8) is 0 Å². The number of benzene rings is 1. The van der Waals surface area contributed by atoms with Crippen molar-refractivity contribution in [3.05, 3.63) is 29.3 Å². The van der Waals surface area contributed by atoms with E-state index in [2.05, 4.69) is 5.32 Å². The highest BCUT2D eigenvalue weighted by atomic mass is 35.6. The van der Waals surface area contributed by atoms with E-state index in [1.165, 1.54) is 0 Å². The molecule has 5 heteroatoms. The van der Waals surface area contributed by atoms with Crippen molar-refractivity contribution >= 4 is 46.4 Å². The molecule has 0 unspecified atom stereocenters. The van der Waals surface area contributed by atoms with Crippen LogP contribution in [-0.4, -0.2) is 9.70 Å². The molecule has 1 aromatic rings. The second-order valence-electron chi connectivity index (χ2n) is 3.20. The fourth-order valence-corrected chi connectivity index (χ4v) is 1.22. The first kappa shape index (κ1) is 12.6. The zero-order valence-electron chi connectivity index (χ0n) is 8.27. The Balaban J connectivity index is 2.91. The molecule has 0 saturated carbocycles. The van der Waals surface area contributed by atoms with Gasteiger partial charge in [-0.25, -0.2) is 0 Å². The summed E-state index contributed by atoms with van der Waals surface area (Å²) < 4.78 is -1.93. The van der Waals surface area contributed by atoms with E-state index in [9.17, 15) is 4.79 Å². The normalized spacial score (nSPS) is 11.3. The van der Waals surface area contributed by atoms with Gasteiger partial charge >= 0.3 is 0 Å². The Kier molecular flexibility index (Phi) is 3.87. The zero-order chi connectivity index (χ0) is 11.6. The van der Waals surface area contributed by atoms with Crippen molar-refractivity contribution < 1.29 is 4.79 Å². The summed E-state index contributed by atoms with van der Waals surface area (Å²) in [5.74, 6) is -0.652. The molecule has 1 aromatic carbocycles. The number of hydrogen-bond acceptors (Lipinski definition) is 1. The molecule has 1 amide bonds. The van der Waals surface area contributed by atoms with E-state index in [1.807, 2.05) is 26.0 Å². The molecule has 0 aliphatic heterocycles. The number of hydrogen-bond donors (Lipinski definition) is 1. The third-order valence-corrected chi connectivity index (χ3v) is 2.63. The van der Waals surface area contributed by atoms with E-state index in [0.717, 1.165) is 11.1 Å². The Hall–Kier alpha value is -0.440. The third-order valence-electron chi connectivity index (χ3n) is 2.11. The van der Waals surface area contributed by atoms with Crippen molar-refractivity contribution in [1.82, 2.24) is 0 Å². The van der Waals surface area contributed by atoms with Crippen LogP contribution in [0.5, 0.6) is 0 Å². The van der Waals surface area contributed by atoms with Gasteiger partial charge in [-0.1, -0.05) is 46.9 Å². The molecule has 0 aromatic heterocycles. The second-order valence-corrected chi connectivity index (χ2v) is 5.48. The first-order valence-corrected chi connectivity index (χ1v) is 5.40. The van der Waals surface area contributed by atoms with Crippen LogP contribution < -0.4 is 5.32 Å². The molecule has 0 spiro atoms. The molecule has 0 aliphatic carbocycles. The fraction of sp³-hybridized carbons (Fsp3) is 0.300. The molecule has 0 atom stereocenters. The Morgan fingerprint density at radius 2 is 1.87 bits per heavy atom. The van der Waals surface area contributed by atoms with Crippen molar-refractivity contribution in [2.45, 2.75) is 17.6 Å². The number of aryl methyl sites for hydroxylation is 1. The first-order valence-electron chi connectivity index (χ1n) is 4.27. The van der Waals surface area contributed by atoms with E-state index in [4.69, 9.17) is 34.8 Å². The number of amides is 1. The lowest BCUT2D eigenvalue weighted by Crippen LogP contribution is -2.27. The van der Waals surface area contributed by atoms with Gasteiger partial charge in [0.25, 0.3) is 9.70 Å². The quantitative estimate of drug-likeness (QED) is 0.773. The maximum Gasteiger partial charge on any atom is 0.276 e. The highest BCUT2D eigenvalue weighted by Crippen LogP contribution is 2.28. The van der Waals surface area contributed by atoms with Crippen LogP contribution in [0.15, 0.2) is 18.2 Å². The van der Waals surface area contributed by atoms with Crippen LogP contribution in [0.3, 0.4) is 0 Å². The number of rotatable bonds is 1. The zero-order valence-corrected chi connectivity index (χ0v) is 10.5. The molecular formula is C10H10Cl3NO. The van der Waals surface area contributed by atoms with Gasteiger partial charge in [-0.2, -0.15) is 0 Å². The highest BCUT2D eigenvalue weighted by molar-refractivity contribution is 6.76. The molecule has 1 N–H and O–H groups in total. The lowest BCUT2D eigenvalue weighted by molar-refractivity contribution is -0.115. The summed E-state index contributed by atoms with van der Waals surface area (Å²) in [5.41, 5.74) is 2.68. The summed E-state index contributed by atoms with van der Waals surface area (Å²) >= 11 is 16.3. The number of alkyl halides is 3. The predicted molar refractivity (Wildman–Crippen MR) is 64.8 cm³/mol. The Morgan fingerprint density at radius 1 is 1.27 bits per heavy atom. The predicted octanol–water partition coefficient (Wildman–Crippen LogP) is 3.61. The molecule has 0 aliphatic rings. The Bertz CT molecular complexity index is 385. The van der Waals surface area contributed by atoms with Gasteiger partial charge in [-0.15, -0.1) is 0 Å². The van der Waals surface area contributed by atoms with Crippen molar-refractivity contribution in [1.29, 1.82) is 0 Å². The number of halogens is 3. The van der Waals surface area contributed by atoms with E-state index in [0.29, 0.717) is 5.69 Å². The SMILES string of the molecule is Cc1cccc(NC(=O)C(Cl)(Cl)Cl)c1C. The molecule has 0 heterocycles. The van der Waals surface area contributed by atoms with Crippen molar-refractivity contribution in [2.75, 3.05) is 5.32 Å². The van der Waals surface area contributed by atoms with Gasteiger partial charge in [-0.3, -0.25) is 4.79 Å². The number of nitrogens with one attached hydrogen (secondary N) is 1. The van der Waals surface area contributed by atoms with Crippen LogP contribution >= 0.6 is 34.8 Å². The minimum absolute atomic E-state index is 0.652.